The fraction of sp³-hybridized carbons (Fsp3) is 0.308. The van der Waals surface area contributed by atoms with Crippen LogP contribution in [-0.2, 0) is 4.79 Å². The third-order valence-corrected chi connectivity index (χ3v) is 6.84. The molecule has 1 N–H and O–H groups in total. The van der Waals surface area contributed by atoms with Gasteiger partial charge in [-0.1, -0.05) is 36.4 Å². The molecule has 1 spiro atoms. The highest BCUT2D eigenvalue weighted by Gasteiger charge is 2.41. The molecular formula is C26H25FN2O3. The van der Waals surface area contributed by atoms with Crippen molar-refractivity contribution in [3.8, 4) is 16.9 Å². The topological polar surface area (TPSA) is 58.6 Å². The van der Waals surface area contributed by atoms with Crippen molar-refractivity contribution in [2.45, 2.75) is 31.2 Å². The molecule has 2 aliphatic heterocycles. The monoisotopic (exact) mass is 432 g/mol. The van der Waals surface area contributed by atoms with Crippen LogP contribution in [0.3, 0.4) is 0 Å². The first kappa shape index (κ1) is 20.5. The molecule has 0 aromatic heterocycles. The van der Waals surface area contributed by atoms with Gasteiger partial charge in [-0.2, -0.15) is 0 Å². The first-order valence-corrected chi connectivity index (χ1v) is 11.0. The Hall–Kier alpha value is -3.41. The molecule has 2 heterocycles. The van der Waals surface area contributed by atoms with Crippen molar-refractivity contribution in [2.24, 2.45) is 0 Å². The van der Waals surface area contributed by atoms with Crippen molar-refractivity contribution in [2.75, 3.05) is 20.2 Å². The van der Waals surface area contributed by atoms with E-state index in [4.69, 9.17) is 4.74 Å². The lowest BCUT2D eigenvalue weighted by molar-refractivity contribution is -0.120. The van der Waals surface area contributed by atoms with E-state index < -0.39 is 5.82 Å². The minimum atomic E-state index is -0.399. The molecule has 3 aromatic rings. The zero-order valence-electron chi connectivity index (χ0n) is 18.0. The Kier molecular flexibility index (Phi) is 5.08. The Morgan fingerprint density at radius 2 is 1.78 bits per heavy atom. The lowest BCUT2D eigenvalue weighted by atomic mass is 9.86. The van der Waals surface area contributed by atoms with Gasteiger partial charge >= 0.3 is 0 Å². The number of hydrogen-bond acceptors (Lipinski definition) is 3. The molecule has 0 saturated carbocycles. The number of amides is 2. The van der Waals surface area contributed by atoms with Crippen LogP contribution in [0.2, 0.25) is 0 Å². The predicted molar refractivity (Wildman–Crippen MR) is 121 cm³/mol. The van der Waals surface area contributed by atoms with Crippen molar-refractivity contribution in [3.63, 3.8) is 0 Å². The molecule has 2 aliphatic rings. The lowest BCUT2D eigenvalue weighted by Gasteiger charge is -2.39. The van der Waals surface area contributed by atoms with Crippen LogP contribution in [0.5, 0.6) is 5.75 Å². The first-order chi connectivity index (χ1) is 15.5. The molecule has 32 heavy (non-hydrogen) atoms. The summed E-state index contributed by atoms with van der Waals surface area (Å²) in [5.74, 6) is -0.0943. The molecule has 0 atom stereocenters. The van der Waals surface area contributed by atoms with E-state index in [0.717, 1.165) is 35.6 Å². The summed E-state index contributed by atoms with van der Waals surface area (Å²) in [4.78, 5) is 26.7. The number of ether oxygens (including phenoxy) is 1. The van der Waals surface area contributed by atoms with Crippen LogP contribution in [-0.4, -0.2) is 42.5 Å². The molecule has 2 fully saturated rings. The van der Waals surface area contributed by atoms with E-state index >= 15 is 0 Å². The summed E-state index contributed by atoms with van der Waals surface area (Å²) in [7, 11) is 1.45. The largest absolute Gasteiger partial charge is 0.494 e. The van der Waals surface area contributed by atoms with Crippen molar-refractivity contribution in [1.29, 1.82) is 0 Å². The number of piperidine rings is 1. The van der Waals surface area contributed by atoms with E-state index in [1.54, 1.807) is 18.2 Å². The third-order valence-electron chi connectivity index (χ3n) is 6.84. The van der Waals surface area contributed by atoms with Crippen LogP contribution in [0.1, 0.15) is 36.0 Å². The van der Waals surface area contributed by atoms with Crippen LogP contribution in [0.4, 0.5) is 4.39 Å². The predicted octanol–water partition coefficient (Wildman–Crippen LogP) is 4.54. The minimum Gasteiger partial charge on any atom is -0.494 e. The van der Waals surface area contributed by atoms with Gasteiger partial charge in [-0.15, -0.1) is 0 Å². The van der Waals surface area contributed by atoms with E-state index in [9.17, 15) is 14.0 Å². The van der Waals surface area contributed by atoms with Crippen LogP contribution >= 0.6 is 0 Å². The van der Waals surface area contributed by atoms with Gasteiger partial charge in [-0.25, -0.2) is 4.39 Å². The summed E-state index contributed by atoms with van der Waals surface area (Å²) in [6, 6.07) is 16.4. The summed E-state index contributed by atoms with van der Waals surface area (Å²) in [5, 5.41) is 4.87. The second-order valence-electron chi connectivity index (χ2n) is 8.68. The Bertz CT molecular complexity index is 1210. The normalized spacial score (nSPS) is 17.6. The van der Waals surface area contributed by atoms with Gasteiger partial charge < -0.3 is 15.0 Å². The molecular weight excluding hydrogens is 407 g/mol. The van der Waals surface area contributed by atoms with Crippen molar-refractivity contribution in [3.05, 3.63) is 66.0 Å². The maximum Gasteiger partial charge on any atom is 0.253 e. The number of nitrogens with one attached hydrogen (secondary N) is 1. The quantitative estimate of drug-likeness (QED) is 0.661. The van der Waals surface area contributed by atoms with Gasteiger partial charge in [-0.3, -0.25) is 9.59 Å². The second kappa shape index (κ2) is 7.93. The standard InChI is InChI=1S/C26H25FN2O3/c1-32-22-7-3-6-21(24(22)27)20-5-2-4-17-16-18(8-9-19(17)20)25(31)29-14-12-26(13-15-29)11-10-23(30)28-26/h2-9,16H,10-15H2,1H3,(H,28,30). The average molecular weight is 432 g/mol. The van der Waals surface area contributed by atoms with E-state index in [-0.39, 0.29) is 23.1 Å². The third kappa shape index (κ3) is 3.49. The Balaban J connectivity index is 1.41. The Labute approximate surface area is 186 Å². The van der Waals surface area contributed by atoms with E-state index in [1.165, 1.54) is 7.11 Å². The van der Waals surface area contributed by atoms with E-state index in [0.29, 0.717) is 30.6 Å². The first-order valence-electron chi connectivity index (χ1n) is 11.0. The van der Waals surface area contributed by atoms with Gasteiger partial charge in [-0.05, 0) is 53.8 Å². The summed E-state index contributed by atoms with van der Waals surface area (Å²) in [6.45, 7) is 1.26. The number of carbonyl (C=O) groups excluding carboxylic acids is 2. The molecule has 6 heteroatoms. The van der Waals surface area contributed by atoms with Gasteiger partial charge in [0, 0.05) is 36.2 Å². The van der Waals surface area contributed by atoms with E-state index in [2.05, 4.69) is 5.32 Å². The maximum absolute atomic E-state index is 14.9. The number of rotatable bonds is 3. The zero-order chi connectivity index (χ0) is 22.3. The Morgan fingerprint density at radius 3 is 2.50 bits per heavy atom. The number of carbonyl (C=O) groups is 2. The van der Waals surface area contributed by atoms with Gasteiger partial charge in [0.2, 0.25) is 5.91 Å². The molecule has 5 rings (SSSR count). The summed E-state index contributed by atoms with van der Waals surface area (Å²) >= 11 is 0. The molecule has 2 amide bonds. The fourth-order valence-electron chi connectivity index (χ4n) is 5.00. The highest BCUT2D eigenvalue weighted by Crippen LogP contribution is 2.35. The summed E-state index contributed by atoms with van der Waals surface area (Å²) < 4.78 is 20.0. The van der Waals surface area contributed by atoms with Crippen molar-refractivity contribution < 1.29 is 18.7 Å². The zero-order valence-corrected chi connectivity index (χ0v) is 18.0. The highest BCUT2D eigenvalue weighted by molar-refractivity contribution is 6.03. The lowest BCUT2D eigenvalue weighted by Crippen LogP contribution is -2.52. The van der Waals surface area contributed by atoms with Crippen molar-refractivity contribution in [1.82, 2.24) is 10.2 Å². The summed E-state index contributed by atoms with van der Waals surface area (Å²) in [6.07, 6.45) is 3.01. The number of fused-ring (bicyclic) bond motifs is 1. The number of likely N-dealkylation sites (tertiary alicyclic amines) is 1. The number of methoxy groups -OCH3 is 1. The van der Waals surface area contributed by atoms with E-state index in [1.807, 2.05) is 41.3 Å². The Morgan fingerprint density at radius 1 is 1.03 bits per heavy atom. The number of hydrogen-bond donors (Lipinski definition) is 1. The molecule has 0 bridgehead atoms. The highest BCUT2D eigenvalue weighted by atomic mass is 19.1. The number of nitrogens with zero attached hydrogens (tertiary/aromatic N) is 1. The van der Waals surface area contributed by atoms with Crippen LogP contribution in [0.15, 0.2) is 54.6 Å². The molecule has 5 nitrogen and oxygen atoms in total. The maximum atomic E-state index is 14.9. The molecule has 0 unspecified atom stereocenters. The van der Waals surface area contributed by atoms with Crippen molar-refractivity contribution >= 4 is 22.6 Å². The van der Waals surface area contributed by atoms with Crippen LogP contribution in [0.25, 0.3) is 21.9 Å². The molecule has 0 aliphatic carbocycles. The van der Waals surface area contributed by atoms with Gasteiger partial charge in [0.1, 0.15) is 0 Å². The van der Waals surface area contributed by atoms with Gasteiger partial charge in [0.15, 0.2) is 11.6 Å². The fourth-order valence-corrected chi connectivity index (χ4v) is 5.00. The average Bonchev–Trinajstić information content (AvgIpc) is 3.18. The SMILES string of the molecule is COc1cccc(-c2cccc3cc(C(=O)N4CCC5(CCC(=O)N5)CC4)ccc23)c1F. The number of halogens is 1. The minimum absolute atomic E-state index is 0.0102. The van der Waals surface area contributed by atoms with Crippen LogP contribution in [0, 0.1) is 5.82 Å². The van der Waals surface area contributed by atoms with Crippen LogP contribution < -0.4 is 10.1 Å². The number of benzene rings is 3. The molecule has 3 aromatic carbocycles. The second-order valence-corrected chi connectivity index (χ2v) is 8.68. The summed E-state index contributed by atoms with van der Waals surface area (Å²) in [5.41, 5.74) is 1.71. The van der Waals surface area contributed by atoms with Gasteiger partial charge in [0.25, 0.3) is 5.91 Å². The van der Waals surface area contributed by atoms with Gasteiger partial charge in [0.05, 0.1) is 7.11 Å². The molecule has 2 saturated heterocycles. The smallest absolute Gasteiger partial charge is 0.253 e. The molecule has 164 valence electrons. The molecule has 0 radical (unpaired) electrons.